The Balaban J connectivity index is 1.73. The van der Waals surface area contributed by atoms with Crippen LogP contribution in [0, 0.1) is 23.5 Å². The van der Waals surface area contributed by atoms with Gasteiger partial charge < -0.3 is 14.5 Å². The lowest BCUT2D eigenvalue weighted by atomic mass is 10.3. The van der Waals surface area contributed by atoms with Crippen LogP contribution in [0.25, 0.3) is 0 Å². The number of carbonyl (C=O) groups excluding carboxylic acids is 1. The van der Waals surface area contributed by atoms with Crippen LogP contribution in [0.1, 0.15) is 10.4 Å². The molecule has 2 aromatic rings. The molecule has 0 saturated heterocycles. The van der Waals surface area contributed by atoms with E-state index in [-0.39, 0.29) is 24.8 Å². The van der Waals surface area contributed by atoms with Gasteiger partial charge in [0, 0.05) is 6.07 Å². The average Bonchev–Trinajstić information content (AvgIpc) is 2.98. The maximum Gasteiger partial charge on any atom is 0.255 e. The molecule has 1 aromatic carbocycles. The molecule has 0 bridgehead atoms. The lowest BCUT2D eigenvalue weighted by molar-refractivity contribution is 0.0958. The first-order valence-corrected chi connectivity index (χ1v) is 6.01. The van der Waals surface area contributed by atoms with Crippen LogP contribution in [0.4, 0.5) is 8.78 Å². The Hall–Kier alpha value is -2.81. The summed E-state index contributed by atoms with van der Waals surface area (Å²) in [6.07, 6.45) is 2.72. The molecule has 0 spiro atoms. The summed E-state index contributed by atoms with van der Waals surface area (Å²) in [5.74, 6) is 3.41. The SMILES string of the molecule is O=C(NCC#CCOc1ccc(F)cc1F)c1ccoc1. The number of halogens is 2. The van der Waals surface area contributed by atoms with Gasteiger partial charge in [-0.15, -0.1) is 0 Å². The Morgan fingerprint density at radius 2 is 2.14 bits per heavy atom. The van der Waals surface area contributed by atoms with E-state index in [0.29, 0.717) is 5.56 Å². The van der Waals surface area contributed by atoms with E-state index in [1.807, 2.05) is 0 Å². The number of rotatable bonds is 4. The van der Waals surface area contributed by atoms with Crippen LogP contribution in [0.15, 0.2) is 41.2 Å². The monoisotopic (exact) mass is 291 g/mol. The molecular weight excluding hydrogens is 280 g/mol. The summed E-state index contributed by atoms with van der Waals surface area (Å²) >= 11 is 0. The molecule has 0 aliphatic carbocycles. The standard InChI is InChI=1S/C15H11F2NO3/c16-12-3-4-14(13(17)9-12)21-7-2-1-6-18-15(19)11-5-8-20-10-11/h3-5,8-10H,6-7H2,(H,18,19). The van der Waals surface area contributed by atoms with Crippen LogP contribution < -0.4 is 10.1 Å². The van der Waals surface area contributed by atoms with Gasteiger partial charge in [-0.3, -0.25) is 4.79 Å². The molecule has 0 saturated carbocycles. The molecule has 6 heteroatoms. The summed E-state index contributed by atoms with van der Waals surface area (Å²) < 4.78 is 35.7. The topological polar surface area (TPSA) is 51.5 Å². The van der Waals surface area contributed by atoms with Gasteiger partial charge in [0.15, 0.2) is 11.6 Å². The van der Waals surface area contributed by atoms with Crippen molar-refractivity contribution in [3.8, 4) is 17.6 Å². The molecule has 0 aliphatic rings. The predicted octanol–water partition coefficient (Wildman–Crippen LogP) is 2.37. The molecule has 2 rings (SSSR count). The highest BCUT2D eigenvalue weighted by Gasteiger charge is 2.04. The number of nitrogens with one attached hydrogen (secondary N) is 1. The minimum absolute atomic E-state index is 0.0653. The highest BCUT2D eigenvalue weighted by atomic mass is 19.1. The first-order chi connectivity index (χ1) is 10.2. The van der Waals surface area contributed by atoms with Crippen molar-refractivity contribution in [2.45, 2.75) is 0 Å². The Labute approximate surface area is 119 Å². The lowest BCUT2D eigenvalue weighted by Gasteiger charge is -2.02. The second kappa shape index (κ2) is 7.10. The Kier molecular flexibility index (Phi) is 4.94. The molecule has 0 radical (unpaired) electrons. The highest BCUT2D eigenvalue weighted by Crippen LogP contribution is 2.17. The van der Waals surface area contributed by atoms with Gasteiger partial charge >= 0.3 is 0 Å². The number of hydrogen-bond donors (Lipinski definition) is 1. The van der Waals surface area contributed by atoms with Crippen molar-refractivity contribution in [1.82, 2.24) is 5.32 Å². The molecule has 0 aliphatic heterocycles. The third-order valence-corrected chi connectivity index (χ3v) is 2.44. The molecule has 1 heterocycles. The van der Waals surface area contributed by atoms with E-state index < -0.39 is 11.6 Å². The first kappa shape index (κ1) is 14.6. The smallest absolute Gasteiger partial charge is 0.255 e. The summed E-state index contributed by atoms with van der Waals surface area (Å²) in [5, 5.41) is 2.55. The normalized spacial score (nSPS) is 9.62. The first-order valence-electron chi connectivity index (χ1n) is 6.01. The third-order valence-electron chi connectivity index (χ3n) is 2.44. The number of benzene rings is 1. The van der Waals surface area contributed by atoms with E-state index in [1.54, 1.807) is 0 Å². The molecule has 21 heavy (non-hydrogen) atoms. The van der Waals surface area contributed by atoms with Gasteiger partial charge in [-0.25, -0.2) is 8.78 Å². The summed E-state index contributed by atoms with van der Waals surface area (Å²) in [4.78, 5) is 11.5. The van der Waals surface area contributed by atoms with E-state index in [2.05, 4.69) is 17.2 Å². The molecule has 0 atom stereocenters. The third kappa shape index (κ3) is 4.35. The van der Waals surface area contributed by atoms with Crippen LogP contribution in [-0.2, 0) is 0 Å². The minimum atomic E-state index is -0.787. The Morgan fingerprint density at radius 1 is 1.29 bits per heavy atom. The van der Waals surface area contributed by atoms with Crippen molar-refractivity contribution in [3.63, 3.8) is 0 Å². The van der Waals surface area contributed by atoms with Crippen molar-refractivity contribution in [1.29, 1.82) is 0 Å². The molecule has 0 fully saturated rings. The van der Waals surface area contributed by atoms with Gasteiger partial charge in [0.25, 0.3) is 5.91 Å². The van der Waals surface area contributed by atoms with Crippen molar-refractivity contribution < 1.29 is 22.7 Å². The zero-order valence-corrected chi connectivity index (χ0v) is 10.9. The van der Waals surface area contributed by atoms with Crippen molar-refractivity contribution >= 4 is 5.91 Å². The second-order valence-electron chi connectivity index (χ2n) is 3.91. The van der Waals surface area contributed by atoms with Crippen LogP contribution >= 0.6 is 0 Å². The van der Waals surface area contributed by atoms with E-state index >= 15 is 0 Å². The maximum absolute atomic E-state index is 13.2. The summed E-state index contributed by atoms with van der Waals surface area (Å²) in [6, 6.07) is 4.54. The largest absolute Gasteiger partial charge is 0.478 e. The van der Waals surface area contributed by atoms with Crippen LogP contribution in [0.5, 0.6) is 5.75 Å². The summed E-state index contributed by atoms with van der Waals surface area (Å²) in [7, 11) is 0. The average molecular weight is 291 g/mol. The van der Waals surface area contributed by atoms with Crippen LogP contribution in [0.3, 0.4) is 0 Å². The van der Waals surface area contributed by atoms with Gasteiger partial charge in [0.1, 0.15) is 18.7 Å². The fourth-order valence-electron chi connectivity index (χ4n) is 1.44. The van der Waals surface area contributed by atoms with Crippen molar-refractivity contribution in [3.05, 3.63) is 54.0 Å². The van der Waals surface area contributed by atoms with Gasteiger partial charge in [0.05, 0.1) is 18.4 Å². The number of hydrogen-bond acceptors (Lipinski definition) is 3. The molecule has 1 N–H and O–H groups in total. The quantitative estimate of drug-likeness (QED) is 0.880. The summed E-state index contributed by atoms with van der Waals surface area (Å²) in [6.45, 7) is 0.0589. The fourth-order valence-corrected chi connectivity index (χ4v) is 1.44. The van der Waals surface area contributed by atoms with Gasteiger partial charge in [-0.1, -0.05) is 11.8 Å². The number of carbonyl (C=O) groups is 1. The van der Waals surface area contributed by atoms with Crippen LogP contribution in [-0.4, -0.2) is 19.1 Å². The number of ether oxygens (including phenoxy) is 1. The summed E-state index contributed by atoms with van der Waals surface area (Å²) in [5.41, 5.74) is 0.404. The Bertz CT molecular complexity index is 672. The molecule has 1 amide bonds. The molecular formula is C15H11F2NO3. The maximum atomic E-state index is 13.2. The van der Waals surface area contributed by atoms with E-state index in [1.165, 1.54) is 24.7 Å². The second-order valence-corrected chi connectivity index (χ2v) is 3.91. The highest BCUT2D eigenvalue weighted by molar-refractivity contribution is 5.93. The zero-order valence-electron chi connectivity index (χ0n) is 10.9. The molecule has 108 valence electrons. The fraction of sp³-hybridized carbons (Fsp3) is 0.133. The molecule has 0 unspecified atom stereocenters. The van der Waals surface area contributed by atoms with E-state index in [0.717, 1.165) is 12.1 Å². The predicted molar refractivity (Wildman–Crippen MR) is 70.7 cm³/mol. The number of furan rings is 1. The van der Waals surface area contributed by atoms with E-state index in [9.17, 15) is 13.6 Å². The van der Waals surface area contributed by atoms with Gasteiger partial charge in [0.2, 0.25) is 0 Å². The van der Waals surface area contributed by atoms with Gasteiger partial charge in [-0.05, 0) is 18.2 Å². The zero-order chi connectivity index (χ0) is 15.1. The lowest BCUT2D eigenvalue weighted by Crippen LogP contribution is -2.23. The molecule has 1 aromatic heterocycles. The number of amides is 1. The van der Waals surface area contributed by atoms with Crippen LogP contribution in [0.2, 0.25) is 0 Å². The van der Waals surface area contributed by atoms with Crippen molar-refractivity contribution in [2.24, 2.45) is 0 Å². The Morgan fingerprint density at radius 3 is 2.86 bits per heavy atom. The molecule has 4 nitrogen and oxygen atoms in total. The van der Waals surface area contributed by atoms with Gasteiger partial charge in [-0.2, -0.15) is 0 Å². The minimum Gasteiger partial charge on any atom is -0.478 e. The van der Waals surface area contributed by atoms with E-state index in [4.69, 9.17) is 9.15 Å². The van der Waals surface area contributed by atoms with Crippen molar-refractivity contribution in [2.75, 3.05) is 13.2 Å².